The number of carbonyl (C=O) groups is 1. The maximum Gasteiger partial charge on any atom is 0.251 e. The molecule has 0 unspecified atom stereocenters. The summed E-state index contributed by atoms with van der Waals surface area (Å²) in [6, 6.07) is 6.83. The van der Waals surface area contributed by atoms with Crippen molar-refractivity contribution in [2.45, 2.75) is 13.8 Å². The molecule has 1 rings (SSSR count). The molecule has 1 aromatic rings. The van der Waals surface area contributed by atoms with Gasteiger partial charge in [-0.1, -0.05) is 25.1 Å². The predicted molar refractivity (Wildman–Crippen MR) is 72.5 cm³/mol. The Kier molecular flexibility index (Phi) is 4.74. The van der Waals surface area contributed by atoms with Gasteiger partial charge in [0.25, 0.3) is 5.91 Å². The highest BCUT2D eigenvalue weighted by molar-refractivity contribution is 5.95. The number of ether oxygens (including phenoxy) is 1. The molecular weight excluding hydrogens is 246 g/mol. The average Bonchev–Trinajstić information content (AvgIpc) is 2.43. The van der Waals surface area contributed by atoms with Crippen LogP contribution in [0.2, 0.25) is 0 Å². The Labute approximate surface area is 112 Å². The smallest absolute Gasteiger partial charge is 0.251 e. The first-order chi connectivity index (χ1) is 8.90. The van der Waals surface area contributed by atoms with E-state index in [1.54, 1.807) is 45.2 Å². The normalized spacial score (nSPS) is 12.1. The molecule has 0 radical (unpaired) electrons. The quantitative estimate of drug-likeness (QED) is 0.322. The number of methoxy groups -OCH3 is 1. The number of hydrogen-bond acceptors (Lipinski definition) is 4. The second kappa shape index (κ2) is 6.08. The zero-order chi connectivity index (χ0) is 14.5. The number of nitrogens with one attached hydrogen (secondary N) is 1. The van der Waals surface area contributed by atoms with E-state index in [9.17, 15) is 4.79 Å². The second-order valence-electron chi connectivity index (χ2n) is 4.78. The van der Waals surface area contributed by atoms with Crippen molar-refractivity contribution in [3.8, 4) is 5.75 Å². The van der Waals surface area contributed by atoms with Crippen molar-refractivity contribution >= 4 is 11.7 Å². The highest BCUT2D eigenvalue weighted by atomic mass is 16.5. The fraction of sp³-hybridized carbons (Fsp3) is 0.385. The largest absolute Gasteiger partial charge is 0.497 e. The summed E-state index contributed by atoms with van der Waals surface area (Å²) >= 11 is 0. The zero-order valence-corrected chi connectivity index (χ0v) is 11.3. The summed E-state index contributed by atoms with van der Waals surface area (Å²) < 4.78 is 5.05. The molecule has 0 saturated carbocycles. The lowest BCUT2D eigenvalue weighted by Crippen LogP contribution is -2.42. The Hall–Kier alpha value is -2.24. The Bertz CT molecular complexity index is 484. The van der Waals surface area contributed by atoms with Gasteiger partial charge in [0.2, 0.25) is 0 Å². The third-order valence-corrected chi connectivity index (χ3v) is 2.82. The van der Waals surface area contributed by atoms with Crippen LogP contribution in [-0.2, 0) is 0 Å². The van der Waals surface area contributed by atoms with Crippen LogP contribution in [0.15, 0.2) is 29.4 Å². The molecule has 19 heavy (non-hydrogen) atoms. The highest BCUT2D eigenvalue weighted by Crippen LogP contribution is 2.15. The Balaban J connectivity index is 2.70. The fourth-order valence-electron chi connectivity index (χ4n) is 1.39. The molecule has 6 heteroatoms. The number of nitrogens with two attached hydrogens (primary N) is 1. The van der Waals surface area contributed by atoms with Gasteiger partial charge in [0, 0.05) is 17.5 Å². The summed E-state index contributed by atoms with van der Waals surface area (Å²) in [7, 11) is 1.54. The molecular formula is C13H19N3O3. The van der Waals surface area contributed by atoms with Crippen LogP contribution in [0.5, 0.6) is 5.75 Å². The topological polar surface area (TPSA) is 96.9 Å². The minimum atomic E-state index is -0.622. The van der Waals surface area contributed by atoms with Crippen LogP contribution in [0.1, 0.15) is 24.2 Å². The monoisotopic (exact) mass is 265 g/mol. The fourth-order valence-corrected chi connectivity index (χ4v) is 1.39. The number of nitrogens with zero attached hydrogens (tertiary/aromatic N) is 1. The maximum absolute atomic E-state index is 12.0. The maximum atomic E-state index is 12.0. The molecule has 0 atom stereocenters. The molecule has 0 bridgehead atoms. The van der Waals surface area contributed by atoms with E-state index in [4.69, 9.17) is 15.7 Å². The van der Waals surface area contributed by atoms with E-state index in [-0.39, 0.29) is 18.3 Å². The number of amides is 1. The van der Waals surface area contributed by atoms with Crippen molar-refractivity contribution < 1.29 is 14.7 Å². The standard InChI is InChI=1S/C13H19N3O3/c1-13(2,12(14)16-18)8-15-11(17)9-5-4-6-10(7-9)19-3/h4-7,18H,8H2,1-3H3,(H2,14,16)(H,15,17). The molecule has 1 aromatic carbocycles. The van der Waals surface area contributed by atoms with Crippen LogP contribution in [0.3, 0.4) is 0 Å². The van der Waals surface area contributed by atoms with Crippen molar-refractivity contribution in [3.05, 3.63) is 29.8 Å². The summed E-state index contributed by atoms with van der Waals surface area (Å²) in [5.74, 6) is 0.444. The summed E-state index contributed by atoms with van der Waals surface area (Å²) in [5.41, 5.74) is 5.42. The van der Waals surface area contributed by atoms with Gasteiger partial charge in [0.15, 0.2) is 0 Å². The number of oxime groups is 1. The Morgan fingerprint density at radius 3 is 2.79 bits per heavy atom. The van der Waals surface area contributed by atoms with E-state index in [0.29, 0.717) is 11.3 Å². The second-order valence-corrected chi connectivity index (χ2v) is 4.78. The third kappa shape index (κ3) is 3.87. The molecule has 0 aliphatic heterocycles. The number of carbonyl (C=O) groups excluding carboxylic acids is 1. The number of benzene rings is 1. The van der Waals surface area contributed by atoms with Crippen LogP contribution < -0.4 is 15.8 Å². The van der Waals surface area contributed by atoms with E-state index >= 15 is 0 Å². The van der Waals surface area contributed by atoms with E-state index in [0.717, 1.165) is 0 Å². The zero-order valence-electron chi connectivity index (χ0n) is 11.3. The molecule has 104 valence electrons. The van der Waals surface area contributed by atoms with E-state index in [2.05, 4.69) is 10.5 Å². The molecule has 6 nitrogen and oxygen atoms in total. The molecule has 0 spiro atoms. The lowest BCUT2D eigenvalue weighted by molar-refractivity contribution is 0.0944. The van der Waals surface area contributed by atoms with Crippen LogP contribution in [0, 0.1) is 5.41 Å². The molecule has 0 heterocycles. The van der Waals surface area contributed by atoms with E-state index in [1.807, 2.05) is 0 Å². The summed E-state index contributed by atoms with van der Waals surface area (Å²) in [4.78, 5) is 12.0. The lowest BCUT2D eigenvalue weighted by atomic mass is 9.92. The van der Waals surface area contributed by atoms with Gasteiger partial charge in [-0.3, -0.25) is 4.79 Å². The van der Waals surface area contributed by atoms with Gasteiger partial charge >= 0.3 is 0 Å². The number of amidine groups is 1. The van der Waals surface area contributed by atoms with Gasteiger partial charge in [-0.05, 0) is 18.2 Å². The van der Waals surface area contributed by atoms with Gasteiger partial charge in [-0.25, -0.2) is 0 Å². The first-order valence-corrected chi connectivity index (χ1v) is 5.81. The SMILES string of the molecule is COc1cccc(C(=O)NCC(C)(C)/C(N)=N/O)c1. The van der Waals surface area contributed by atoms with Crippen molar-refractivity contribution in [2.24, 2.45) is 16.3 Å². The van der Waals surface area contributed by atoms with Crippen molar-refractivity contribution in [1.29, 1.82) is 0 Å². The average molecular weight is 265 g/mol. The van der Waals surface area contributed by atoms with Gasteiger partial charge in [-0.2, -0.15) is 0 Å². The molecule has 4 N–H and O–H groups in total. The summed E-state index contributed by atoms with van der Waals surface area (Å²) in [6.45, 7) is 3.81. The van der Waals surface area contributed by atoms with Gasteiger partial charge < -0.3 is 21.0 Å². The molecule has 0 aromatic heterocycles. The van der Waals surface area contributed by atoms with E-state index < -0.39 is 5.41 Å². The van der Waals surface area contributed by atoms with Crippen molar-refractivity contribution in [3.63, 3.8) is 0 Å². The molecule has 0 aliphatic rings. The van der Waals surface area contributed by atoms with Gasteiger partial charge in [0.05, 0.1) is 7.11 Å². The lowest BCUT2D eigenvalue weighted by Gasteiger charge is -2.23. The summed E-state index contributed by atoms with van der Waals surface area (Å²) in [6.07, 6.45) is 0. The Morgan fingerprint density at radius 1 is 1.53 bits per heavy atom. The highest BCUT2D eigenvalue weighted by Gasteiger charge is 2.24. The minimum absolute atomic E-state index is 0.0680. The van der Waals surface area contributed by atoms with Gasteiger partial charge in [-0.15, -0.1) is 0 Å². The van der Waals surface area contributed by atoms with E-state index in [1.165, 1.54) is 0 Å². The molecule has 0 fully saturated rings. The first kappa shape index (κ1) is 14.8. The van der Waals surface area contributed by atoms with Crippen LogP contribution in [-0.4, -0.2) is 30.6 Å². The number of hydrogen-bond donors (Lipinski definition) is 3. The van der Waals surface area contributed by atoms with Crippen molar-refractivity contribution in [2.75, 3.05) is 13.7 Å². The molecule has 0 aliphatic carbocycles. The summed E-state index contributed by atoms with van der Waals surface area (Å²) in [5, 5.41) is 14.4. The number of rotatable bonds is 5. The van der Waals surface area contributed by atoms with Crippen LogP contribution in [0.4, 0.5) is 0 Å². The predicted octanol–water partition coefficient (Wildman–Crippen LogP) is 1.20. The minimum Gasteiger partial charge on any atom is -0.497 e. The van der Waals surface area contributed by atoms with Crippen LogP contribution >= 0.6 is 0 Å². The van der Waals surface area contributed by atoms with Gasteiger partial charge in [0.1, 0.15) is 11.6 Å². The third-order valence-electron chi connectivity index (χ3n) is 2.82. The van der Waals surface area contributed by atoms with Crippen LogP contribution in [0.25, 0.3) is 0 Å². The molecule has 1 amide bonds. The Morgan fingerprint density at radius 2 is 2.21 bits per heavy atom. The molecule has 0 saturated heterocycles. The first-order valence-electron chi connectivity index (χ1n) is 5.81. The van der Waals surface area contributed by atoms with Crippen molar-refractivity contribution in [1.82, 2.24) is 5.32 Å².